The molecule has 0 amide bonds. The van der Waals surface area contributed by atoms with Crippen LogP contribution in [0.2, 0.25) is 0 Å². The summed E-state index contributed by atoms with van der Waals surface area (Å²) >= 11 is 3.51. The summed E-state index contributed by atoms with van der Waals surface area (Å²) < 4.78 is 0. The molecule has 0 aromatic carbocycles. The van der Waals surface area contributed by atoms with E-state index in [4.69, 9.17) is 0 Å². The lowest BCUT2D eigenvalue weighted by Crippen LogP contribution is -2.43. The zero-order chi connectivity index (χ0) is 10.0. The van der Waals surface area contributed by atoms with Gasteiger partial charge in [0, 0.05) is 23.2 Å². The van der Waals surface area contributed by atoms with Crippen molar-refractivity contribution in [3.63, 3.8) is 0 Å². The first-order chi connectivity index (χ1) is 6.71. The van der Waals surface area contributed by atoms with Gasteiger partial charge in [-0.15, -0.1) is 11.3 Å². The molecule has 1 saturated heterocycles. The van der Waals surface area contributed by atoms with Crippen LogP contribution in [0.5, 0.6) is 0 Å². The fourth-order valence-corrected chi connectivity index (χ4v) is 3.74. The number of thiazole rings is 1. The van der Waals surface area contributed by atoms with Gasteiger partial charge in [-0.3, -0.25) is 0 Å². The molecule has 2 atom stereocenters. The Balaban J connectivity index is 2.07. The van der Waals surface area contributed by atoms with Gasteiger partial charge in [-0.2, -0.15) is 11.8 Å². The molecule has 0 bridgehead atoms. The van der Waals surface area contributed by atoms with Crippen LogP contribution < -0.4 is 0 Å². The van der Waals surface area contributed by atoms with Crippen LogP contribution in [-0.4, -0.2) is 26.7 Å². The first-order valence-electron chi connectivity index (χ1n) is 4.93. The molecular formula is C10H15NOS2. The molecule has 2 heterocycles. The van der Waals surface area contributed by atoms with E-state index in [-0.39, 0.29) is 0 Å². The normalized spacial score (nSPS) is 33.1. The van der Waals surface area contributed by atoms with Crippen LogP contribution in [0.15, 0.2) is 11.6 Å². The summed E-state index contributed by atoms with van der Waals surface area (Å²) in [5, 5.41) is 13.8. The van der Waals surface area contributed by atoms with Gasteiger partial charge in [-0.1, -0.05) is 6.92 Å². The number of thioether (sulfide) groups is 1. The van der Waals surface area contributed by atoms with Crippen molar-refractivity contribution in [2.75, 3.05) is 5.75 Å². The van der Waals surface area contributed by atoms with Crippen LogP contribution in [0.4, 0.5) is 0 Å². The molecule has 0 saturated carbocycles. The molecule has 2 rings (SSSR count). The van der Waals surface area contributed by atoms with E-state index in [1.54, 1.807) is 11.3 Å². The Labute approximate surface area is 92.8 Å². The summed E-state index contributed by atoms with van der Waals surface area (Å²) in [7, 11) is 0. The van der Waals surface area contributed by atoms with Gasteiger partial charge >= 0.3 is 0 Å². The van der Waals surface area contributed by atoms with E-state index >= 15 is 0 Å². The topological polar surface area (TPSA) is 33.1 Å². The molecule has 2 unspecified atom stereocenters. The molecule has 1 aromatic heterocycles. The molecule has 14 heavy (non-hydrogen) atoms. The van der Waals surface area contributed by atoms with Crippen molar-refractivity contribution in [1.29, 1.82) is 0 Å². The van der Waals surface area contributed by atoms with E-state index in [1.807, 2.05) is 23.3 Å². The maximum atomic E-state index is 10.5. The lowest BCUT2D eigenvalue weighted by atomic mass is 9.90. The smallest absolute Gasteiger partial charge is 0.0953 e. The molecule has 1 aromatic rings. The maximum absolute atomic E-state index is 10.5. The number of aliphatic hydroxyl groups is 1. The molecule has 0 spiro atoms. The minimum atomic E-state index is -0.527. The third kappa shape index (κ3) is 2.12. The van der Waals surface area contributed by atoms with Gasteiger partial charge in [0.25, 0.3) is 0 Å². The third-order valence-corrected chi connectivity index (χ3v) is 5.06. The molecule has 1 aliphatic rings. The van der Waals surface area contributed by atoms with Crippen LogP contribution >= 0.6 is 23.1 Å². The Morgan fingerprint density at radius 2 is 2.57 bits per heavy atom. The predicted molar refractivity (Wildman–Crippen MR) is 61.9 cm³/mol. The van der Waals surface area contributed by atoms with Gasteiger partial charge in [0.05, 0.1) is 10.6 Å². The minimum Gasteiger partial charge on any atom is -0.388 e. The van der Waals surface area contributed by atoms with E-state index in [2.05, 4.69) is 11.9 Å². The summed E-state index contributed by atoms with van der Waals surface area (Å²) in [5.74, 6) is 1.18. The molecule has 4 heteroatoms. The van der Waals surface area contributed by atoms with Crippen LogP contribution in [0.3, 0.4) is 0 Å². The molecule has 1 N–H and O–H groups in total. The van der Waals surface area contributed by atoms with E-state index in [0.29, 0.717) is 5.25 Å². The molecule has 0 aliphatic carbocycles. The van der Waals surface area contributed by atoms with Crippen molar-refractivity contribution >= 4 is 23.1 Å². The van der Waals surface area contributed by atoms with Crippen molar-refractivity contribution in [3.05, 3.63) is 16.6 Å². The van der Waals surface area contributed by atoms with E-state index < -0.39 is 5.60 Å². The highest BCUT2D eigenvalue weighted by atomic mass is 32.2. The van der Waals surface area contributed by atoms with Gasteiger partial charge in [-0.05, 0) is 18.6 Å². The Hall–Kier alpha value is -0.0600. The molecule has 0 radical (unpaired) electrons. The van der Waals surface area contributed by atoms with Crippen molar-refractivity contribution < 1.29 is 5.11 Å². The van der Waals surface area contributed by atoms with Gasteiger partial charge in [0.1, 0.15) is 0 Å². The van der Waals surface area contributed by atoms with Crippen LogP contribution in [0.1, 0.15) is 24.8 Å². The Morgan fingerprint density at radius 1 is 1.71 bits per heavy atom. The number of aromatic nitrogens is 1. The van der Waals surface area contributed by atoms with Gasteiger partial charge < -0.3 is 5.11 Å². The van der Waals surface area contributed by atoms with Gasteiger partial charge in [-0.25, -0.2) is 4.98 Å². The number of hydrogen-bond donors (Lipinski definition) is 1. The monoisotopic (exact) mass is 229 g/mol. The lowest BCUT2D eigenvalue weighted by Gasteiger charge is -2.37. The summed E-state index contributed by atoms with van der Waals surface area (Å²) in [6.45, 7) is 2.12. The van der Waals surface area contributed by atoms with Crippen LogP contribution in [-0.2, 0) is 6.42 Å². The minimum absolute atomic E-state index is 0.333. The molecule has 78 valence electrons. The molecule has 1 aliphatic heterocycles. The van der Waals surface area contributed by atoms with Crippen LogP contribution in [0.25, 0.3) is 0 Å². The highest BCUT2D eigenvalue weighted by Crippen LogP contribution is 2.36. The second-order valence-corrected chi connectivity index (χ2v) is 6.25. The average molecular weight is 229 g/mol. The number of hydrogen-bond acceptors (Lipinski definition) is 4. The molecular weight excluding hydrogens is 214 g/mol. The zero-order valence-electron chi connectivity index (χ0n) is 8.27. The zero-order valence-corrected chi connectivity index (χ0v) is 9.90. The van der Waals surface area contributed by atoms with E-state index in [9.17, 15) is 5.11 Å². The Morgan fingerprint density at radius 3 is 3.21 bits per heavy atom. The summed E-state index contributed by atoms with van der Waals surface area (Å²) in [6, 6.07) is 0. The highest BCUT2D eigenvalue weighted by Gasteiger charge is 2.37. The van der Waals surface area contributed by atoms with Gasteiger partial charge in [0.2, 0.25) is 0 Å². The summed E-state index contributed by atoms with van der Waals surface area (Å²) in [5.41, 5.74) is -0.527. The van der Waals surface area contributed by atoms with Crippen molar-refractivity contribution in [3.8, 4) is 0 Å². The van der Waals surface area contributed by atoms with Crippen LogP contribution in [0, 0.1) is 0 Å². The largest absolute Gasteiger partial charge is 0.388 e. The summed E-state index contributed by atoms with van der Waals surface area (Å²) in [6.07, 6.45) is 4.57. The van der Waals surface area contributed by atoms with Crippen molar-refractivity contribution in [1.82, 2.24) is 4.98 Å². The number of nitrogens with zero attached hydrogens (tertiary/aromatic N) is 1. The second-order valence-electron chi connectivity index (χ2n) is 3.82. The standard InChI is InChI=1S/C10H15NOS2/c1-8-10(12,3-2-5-13-8)7-9-11-4-6-14-9/h4,6,8,12H,2-3,5,7H2,1H3. The summed E-state index contributed by atoms with van der Waals surface area (Å²) in [4.78, 5) is 4.24. The number of rotatable bonds is 2. The van der Waals surface area contributed by atoms with E-state index in [0.717, 1.165) is 24.3 Å². The quantitative estimate of drug-likeness (QED) is 0.845. The maximum Gasteiger partial charge on any atom is 0.0953 e. The fourth-order valence-electron chi connectivity index (χ4n) is 1.83. The van der Waals surface area contributed by atoms with E-state index in [1.165, 1.54) is 5.75 Å². The average Bonchev–Trinajstić information content (AvgIpc) is 2.63. The third-order valence-electron chi connectivity index (χ3n) is 2.82. The Kier molecular flexibility index (Phi) is 3.14. The van der Waals surface area contributed by atoms with Gasteiger partial charge in [0.15, 0.2) is 0 Å². The SMILES string of the molecule is CC1SCCCC1(O)Cc1nccs1. The molecule has 1 fully saturated rings. The first kappa shape index (κ1) is 10.5. The fraction of sp³-hybridized carbons (Fsp3) is 0.700. The molecule has 2 nitrogen and oxygen atoms in total. The van der Waals surface area contributed by atoms with Crippen molar-refractivity contribution in [2.45, 2.75) is 37.0 Å². The second kappa shape index (κ2) is 4.21. The lowest BCUT2D eigenvalue weighted by molar-refractivity contribution is 0.0297. The highest BCUT2D eigenvalue weighted by molar-refractivity contribution is 8.00. The Bertz CT molecular complexity index is 288. The first-order valence-corrected chi connectivity index (χ1v) is 6.86. The predicted octanol–water partition coefficient (Wildman–Crippen LogP) is 2.33. The van der Waals surface area contributed by atoms with Crippen molar-refractivity contribution in [2.24, 2.45) is 0 Å².